The second-order valence-electron chi connectivity index (χ2n) is 2.92. The number of hydrogen-bond donors (Lipinski definition) is 1. The predicted octanol–water partition coefficient (Wildman–Crippen LogP) is 2.26. The lowest BCUT2D eigenvalue weighted by molar-refractivity contribution is -0.123. The molecule has 1 aromatic rings. The Bertz CT molecular complexity index is 401. The number of amides is 1. The van der Waals surface area contributed by atoms with Gasteiger partial charge in [-0.3, -0.25) is 4.79 Å². The number of carbonyl (C=O) groups is 1. The van der Waals surface area contributed by atoms with Gasteiger partial charge in [0.1, 0.15) is 18.2 Å². The van der Waals surface area contributed by atoms with Gasteiger partial charge in [0.05, 0.1) is 5.56 Å². The minimum atomic E-state index is -4.58. The Morgan fingerprint density at radius 2 is 1.88 bits per heavy atom. The minimum absolute atomic E-state index is 0.419. The Kier molecular flexibility index (Phi) is 3.46. The molecule has 16 heavy (non-hydrogen) atoms. The van der Waals surface area contributed by atoms with Crippen molar-refractivity contribution in [1.82, 2.24) is 5.32 Å². The molecule has 0 saturated carbocycles. The number of halogens is 5. The van der Waals surface area contributed by atoms with Crippen LogP contribution < -0.4 is 5.32 Å². The zero-order valence-corrected chi connectivity index (χ0v) is 7.74. The van der Waals surface area contributed by atoms with Crippen LogP contribution in [0.1, 0.15) is 10.4 Å². The largest absolute Gasteiger partial charge is 0.405 e. The van der Waals surface area contributed by atoms with Crippen molar-refractivity contribution in [2.75, 3.05) is 6.54 Å². The summed E-state index contributed by atoms with van der Waals surface area (Å²) in [7, 11) is 0. The number of hydrogen-bond acceptors (Lipinski definition) is 1. The molecule has 0 radical (unpaired) electrons. The van der Waals surface area contributed by atoms with Gasteiger partial charge < -0.3 is 5.32 Å². The van der Waals surface area contributed by atoms with Gasteiger partial charge in [0.2, 0.25) is 0 Å². The summed E-state index contributed by atoms with van der Waals surface area (Å²) >= 11 is 0. The zero-order valence-electron chi connectivity index (χ0n) is 7.74. The summed E-state index contributed by atoms with van der Waals surface area (Å²) in [6, 6.07) is 1.98. The highest BCUT2D eigenvalue weighted by Crippen LogP contribution is 2.14. The first kappa shape index (κ1) is 12.4. The van der Waals surface area contributed by atoms with Gasteiger partial charge in [-0.05, 0) is 12.1 Å². The molecule has 0 aliphatic carbocycles. The van der Waals surface area contributed by atoms with Crippen LogP contribution in [0.5, 0.6) is 0 Å². The highest BCUT2D eigenvalue weighted by molar-refractivity contribution is 5.94. The van der Waals surface area contributed by atoms with Crippen LogP contribution in [0.4, 0.5) is 22.0 Å². The molecular formula is C9H6F5NO. The van der Waals surface area contributed by atoms with E-state index in [1.807, 2.05) is 0 Å². The van der Waals surface area contributed by atoms with Crippen LogP contribution in [-0.4, -0.2) is 18.6 Å². The SMILES string of the molecule is O=C(NCC(F)(F)F)c1ccc(F)cc1F. The molecule has 0 bridgehead atoms. The summed E-state index contributed by atoms with van der Waals surface area (Å²) in [5.41, 5.74) is -0.634. The molecule has 0 unspecified atom stereocenters. The first-order chi connectivity index (χ1) is 7.29. The van der Waals surface area contributed by atoms with Crippen LogP contribution >= 0.6 is 0 Å². The van der Waals surface area contributed by atoms with E-state index in [1.165, 1.54) is 5.32 Å². The van der Waals surface area contributed by atoms with E-state index in [-0.39, 0.29) is 0 Å². The number of rotatable bonds is 2. The number of benzene rings is 1. The third-order valence-electron chi connectivity index (χ3n) is 1.63. The normalized spacial score (nSPS) is 11.3. The summed E-state index contributed by atoms with van der Waals surface area (Å²) < 4.78 is 60.6. The van der Waals surface area contributed by atoms with Crippen molar-refractivity contribution in [2.45, 2.75) is 6.18 Å². The maximum Gasteiger partial charge on any atom is 0.405 e. The smallest absolute Gasteiger partial charge is 0.343 e. The summed E-state index contributed by atoms with van der Waals surface area (Å²) in [5.74, 6) is -3.36. The fourth-order valence-corrected chi connectivity index (χ4v) is 0.949. The monoisotopic (exact) mass is 239 g/mol. The Labute approximate surface area is 87.1 Å². The maximum absolute atomic E-state index is 12.9. The fourth-order valence-electron chi connectivity index (χ4n) is 0.949. The standard InChI is InChI=1S/C9H6F5NO/c10-5-1-2-6(7(11)3-5)8(16)15-4-9(12,13)14/h1-3H,4H2,(H,15,16). The summed E-state index contributed by atoms with van der Waals surface area (Å²) in [5, 5.41) is 1.47. The van der Waals surface area contributed by atoms with Gasteiger partial charge in [-0.1, -0.05) is 0 Å². The van der Waals surface area contributed by atoms with Gasteiger partial charge in [-0.2, -0.15) is 13.2 Å². The van der Waals surface area contributed by atoms with Gasteiger partial charge in [-0.25, -0.2) is 8.78 Å². The molecule has 7 heteroatoms. The average molecular weight is 239 g/mol. The van der Waals surface area contributed by atoms with E-state index >= 15 is 0 Å². The first-order valence-corrected chi connectivity index (χ1v) is 4.09. The highest BCUT2D eigenvalue weighted by atomic mass is 19.4. The van der Waals surface area contributed by atoms with Crippen molar-refractivity contribution in [3.05, 3.63) is 35.4 Å². The van der Waals surface area contributed by atoms with E-state index in [0.717, 1.165) is 12.1 Å². The molecule has 1 amide bonds. The topological polar surface area (TPSA) is 29.1 Å². The van der Waals surface area contributed by atoms with E-state index in [2.05, 4.69) is 0 Å². The van der Waals surface area contributed by atoms with Crippen LogP contribution in [0, 0.1) is 11.6 Å². The van der Waals surface area contributed by atoms with E-state index < -0.39 is 35.8 Å². The molecule has 0 aromatic heterocycles. The number of alkyl halides is 3. The third-order valence-corrected chi connectivity index (χ3v) is 1.63. The molecule has 0 saturated heterocycles. The summed E-state index contributed by atoms with van der Waals surface area (Å²) in [4.78, 5) is 11.0. The Balaban J connectivity index is 2.74. The highest BCUT2D eigenvalue weighted by Gasteiger charge is 2.28. The van der Waals surface area contributed by atoms with Crippen molar-refractivity contribution in [1.29, 1.82) is 0 Å². The van der Waals surface area contributed by atoms with E-state index in [0.29, 0.717) is 6.07 Å². The summed E-state index contributed by atoms with van der Waals surface area (Å²) in [6.45, 7) is -1.57. The molecule has 0 fully saturated rings. The average Bonchev–Trinajstić information content (AvgIpc) is 2.13. The second kappa shape index (κ2) is 4.46. The van der Waals surface area contributed by atoms with E-state index in [9.17, 15) is 26.7 Å². The maximum atomic E-state index is 12.9. The molecule has 88 valence electrons. The van der Waals surface area contributed by atoms with Gasteiger partial charge in [0.15, 0.2) is 0 Å². The van der Waals surface area contributed by atoms with Crippen LogP contribution in [0.3, 0.4) is 0 Å². The third kappa shape index (κ3) is 3.48. The fraction of sp³-hybridized carbons (Fsp3) is 0.222. The quantitative estimate of drug-likeness (QED) is 0.788. The van der Waals surface area contributed by atoms with Gasteiger partial charge in [0.25, 0.3) is 5.91 Å². The molecule has 0 spiro atoms. The lowest BCUT2D eigenvalue weighted by Gasteiger charge is -2.08. The molecule has 1 rings (SSSR count). The molecule has 0 heterocycles. The van der Waals surface area contributed by atoms with Crippen molar-refractivity contribution in [2.24, 2.45) is 0 Å². The molecule has 0 aliphatic heterocycles. The first-order valence-electron chi connectivity index (χ1n) is 4.09. The molecule has 0 aliphatic rings. The van der Waals surface area contributed by atoms with E-state index in [1.54, 1.807) is 0 Å². The van der Waals surface area contributed by atoms with Crippen LogP contribution in [-0.2, 0) is 0 Å². The predicted molar refractivity (Wildman–Crippen MR) is 44.7 cm³/mol. The van der Waals surface area contributed by atoms with Gasteiger partial charge in [-0.15, -0.1) is 0 Å². The van der Waals surface area contributed by atoms with Crippen LogP contribution in [0.2, 0.25) is 0 Å². The van der Waals surface area contributed by atoms with Gasteiger partial charge in [0, 0.05) is 6.07 Å². The number of nitrogens with one attached hydrogen (secondary N) is 1. The van der Waals surface area contributed by atoms with Crippen LogP contribution in [0.15, 0.2) is 18.2 Å². The molecule has 1 N–H and O–H groups in total. The molecule has 0 atom stereocenters. The van der Waals surface area contributed by atoms with E-state index in [4.69, 9.17) is 0 Å². The van der Waals surface area contributed by atoms with Crippen molar-refractivity contribution in [3.63, 3.8) is 0 Å². The Hall–Kier alpha value is -1.66. The van der Waals surface area contributed by atoms with Crippen molar-refractivity contribution < 1.29 is 26.7 Å². The summed E-state index contributed by atoms with van der Waals surface area (Å²) in [6.07, 6.45) is -4.58. The second-order valence-corrected chi connectivity index (χ2v) is 2.92. The lowest BCUT2D eigenvalue weighted by Crippen LogP contribution is -2.34. The van der Waals surface area contributed by atoms with Crippen molar-refractivity contribution >= 4 is 5.91 Å². The minimum Gasteiger partial charge on any atom is -0.343 e. The zero-order chi connectivity index (χ0) is 12.3. The lowest BCUT2D eigenvalue weighted by atomic mass is 10.2. The van der Waals surface area contributed by atoms with Gasteiger partial charge >= 0.3 is 6.18 Å². The van der Waals surface area contributed by atoms with Crippen LogP contribution in [0.25, 0.3) is 0 Å². The number of carbonyl (C=O) groups excluding carboxylic acids is 1. The molecule has 2 nitrogen and oxygen atoms in total. The Morgan fingerprint density at radius 3 is 2.38 bits per heavy atom. The van der Waals surface area contributed by atoms with Crippen molar-refractivity contribution in [3.8, 4) is 0 Å². The molecule has 1 aromatic carbocycles. The Morgan fingerprint density at radius 1 is 1.25 bits per heavy atom. The molecular weight excluding hydrogens is 233 g/mol.